The van der Waals surface area contributed by atoms with E-state index >= 15 is 0 Å². The van der Waals surface area contributed by atoms with Gasteiger partial charge in [-0.3, -0.25) is 4.79 Å². The molecule has 23 heavy (non-hydrogen) atoms. The largest absolute Gasteiger partial charge is 0.480 e. The summed E-state index contributed by atoms with van der Waals surface area (Å²) in [5, 5.41) is 4.82. The standard InChI is InChI=1S/C17H14N2O3S/c20-16(14-8-11-4-1-2-5-13(11)22-14)18-9-12-10-21-17(19-12)15-6-3-7-23-15/h1-7,10,14H,8-9H2,(H,18,20). The number of thiophene rings is 1. The van der Waals surface area contributed by atoms with Gasteiger partial charge in [-0.15, -0.1) is 11.3 Å². The molecule has 1 unspecified atom stereocenters. The van der Waals surface area contributed by atoms with E-state index in [1.807, 2.05) is 41.8 Å². The average molecular weight is 326 g/mol. The third-order valence-electron chi connectivity index (χ3n) is 3.67. The predicted molar refractivity (Wildman–Crippen MR) is 86.2 cm³/mol. The molecule has 1 aliphatic heterocycles. The lowest BCUT2D eigenvalue weighted by Crippen LogP contribution is -2.37. The van der Waals surface area contributed by atoms with Crippen LogP contribution < -0.4 is 10.1 Å². The Bertz CT molecular complexity index is 801. The molecule has 0 saturated heterocycles. The Kier molecular flexibility index (Phi) is 3.59. The van der Waals surface area contributed by atoms with Crippen LogP contribution in [0.4, 0.5) is 0 Å². The van der Waals surface area contributed by atoms with Crippen molar-refractivity contribution in [1.29, 1.82) is 0 Å². The van der Waals surface area contributed by atoms with Crippen LogP contribution in [0.2, 0.25) is 0 Å². The molecule has 0 aliphatic carbocycles. The Morgan fingerprint density at radius 2 is 2.22 bits per heavy atom. The van der Waals surface area contributed by atoms with Crippen LogP contribution in [0.5, 0.6) is 5.75 Å². The first-order chi connectivity index (χ1) is 11.3. The van der Waals surface area contributed by atoms with E-state index in [9.17, 15) is 4.79 Å². The molecule has 1 amide bonds. The lowest BCUT2D eigenvalue weighted by atomic mass is 10.1. The second kappa shape index (κ2) is 5.89. The molecule has 1 atom stereocenters. The summed E-state index contributed by atoms with van der Waals surface area (Å²) >= 11 is 1.56. The third kappa shape index (κ3) is 2.85. The number of rotatable bonds is 4. The Morgan fingerprint density at radius 1 is 1.30 bits per heavy atom. The monoisotopic (exact) mass is 326 g/mol. The molecule has 0 fully saturated rings. The van der Waals surface area contributed by atoms with Crippen molar-refractivity contribution >= 4 is 17.2 Å². The molecule has 1 aromatic carbocycles. The molecule has 0 bridgehead atoms. The molecule has 0 saturated carbocycles. The fourth-order valence-corrected chi connectivity index (χ4v) is 3.18. The van der Waals surface area contributed by atoms with Crippen molar-refractivity contribution in [3.63, 3.8) is 0 Å². The second-order valence-electron chi connectivity index (χ2n) is 5.26. The molecule has 1 aliphatic rings. The number of nitrogens with one attached hydrogen (secondary N) is 1. The number of hydrogen-bond acceptors (Lipinski definition) is 5. The zero-order valence-electron chi connectivity index (χ0n) is 12.2. The molecule has 2 aromatic heterocycles. The zero-order valence-corrected chi connectivity index (χ0v) is 13.0. The first-order valence-electron chi connectivity index (χ1n) is 7.30. The van der Waals surface area contributed by atoms with Gasteiger partial charge in [-0.25, -0.2) is 4.98 Å². The summed E-state index contributed by atoms with van der Waals surface area (Å²) < 4.78 is 11.1. The third-order valence-corrected chi connectivity index (χ3v) is 4.52. The summed E-state index contributed by atoms with van der Waals surface area (Å²) in [6.07, 6.45) is 1.69. The fourth-order valence-electron chi connectivity index (χ4n) is 2.52. The topological polar surface area (TPSA) is 64.4 Å². The number of hydrogen-bond donors (Lipinski definition) is 1. The predicted octanol–water partition coefficient (Wildman–Crippen LogP) is 3.02. The summed E-state index contributed by atoms with van der Waals surface area (Å²) in [5.74, 6) is 1.23. The van der Waals surface area contributed by atoms with E-state index in [-0.39, 0.29) is 5.91 Å². The number of carbonyl (C=O) groups is 1. The van der Waals surface area contributed by atoms with Crippen molar-refractivity contribution < 1.29 is 13.9 Å². The SMILES string of the molecule is O=C(NCc1coc(-c2cccs2)n1)C1Cc2ccccc2O1. The quantitative estimate of drug-likeness (QED) is 0.800. The van der Waals surface area contributed by atoms with Gasteiger partial charge in [0.15, 0.2) is 6.10 Å². The van der Waals surface area contributed by atoms with E-state index in [4.69, 9.17) is 9.15 Å². The maximum absolute atomic E-state index is 12.2. The lowest BCUT2D eigenvalue weighted by Gasteiger charge is -2.10. The first kappa shape index (κ1) is 14.0. The molecular weight excluding hydrogens is 312 g/mol. The van der Waals surface area contributed by atoms with E-state index in [1.54, 1.807) is 17.6 Å². The minimum atomic E-state index is -0.476. The summed E-state index contributed by atoms with van der Waals surface area (Å²) in [4.78, 5) is 17.6. The molecule has 0 spiro atoms. The average Bonchev–Trinajstić information content (AvgIpc) is 3.31. The highest BCUT2D eigenvalue weighted by atomic mass is 32.1. The van der Waals surface area contributed by atoms with Gasteiger partial charge in [0.05, 0.1) is 17.1 Å². The normalized spacial score (nSPS) is 15.9. The van der Waals surface area contributed by atoms with Gasteiger partial charge in [-0.1, -0.05) is 24.3 Å². The van der Waals surface area contributed by atoms with Crippen LogP contribution in [0.1, 0.15) is 11.3 Å². The molecule has 0 radical (unpaired) electrons. The smallest absolute Gasteiger partial charge is 0.261 e. The summed E-state index contributed by atoms with van der Waals surface area (Å²) in [6.45, 7) is 0.323. The molecular formula is C17H14N2O3S. The van der Waals surface area contributed by atoms with Gasteiger partial charge in [0, 0.05) is 6.42 Å². The molecule has 6 heteroatoms. The number of fused-ring (bicyclic) bond motifs is 1. The van der Waals surface area contributed by atoms with Gasteiger partial charge in [0.2, 0.25) is 5.89 Å². The Labute approximate surface area is 136 Å². The van der Waals surface area contributed by atoms with Crippen LogP contribution in [0.15, 0.2) is 52.5 Å². The minimum absolute atomic E-state index is 0.137. The van der Waals surface area contributed by atoms with Gasteiger partial charge in [0.25, 0.3) is 5.91 Å². The van der Waals surface area contributed by atoms with Crippen LogP contribution in [0, 0.1) is 0 Å². The number of ether oxygens (including phenoxy) is 1. The number of para-hydroxylation sites is 1. The van der Waals surface area contributed by atoms with E-state index in [0.717, 1.165) is 16.2 Å². The lowest BCUT2D eigenvalue weighted by molar-refractivity contribution is -0.127. The molecule has 5 nitrogen and oxygen atoms in total. The van der Waals surface area contributed by atoms with E-state index in [0.29, 0.717) is 24.6 Å². The minimum Gasteiger partial charge on any atom is -0.480 e. The maximum atomic E-state index is 12.2. The Balaban J connectivity index is 1.36. The van der Waals surface area contributed by atoms with Crippen molar-refractivity contribution in [3.8, 4) is 16.5 Å². The molecule has 1 N–H and O–H groups in total. The number of amides is 1. The van der Waals surface area contributed by atoms with E-state index in [2.05, 4.69) is 10.3 Å². The molecule has 3 aromatic rings. The van der Waals surface area contributed by atoms with Crippen LogP contribution in [-0.2, 0) is 17.8 Å². The number of carbonyl (C=O) groups excluding carboxylic acids is 1. The van der Waals surface area contributed by atoms with Crippen molar-refractivity contribution in [3.05, 3.63) is 59.3 Å². The van der Waals surface area contributed by atoms with Crippen LogP contribution in [0.25, 0.3) is 10.8 Å². The zero-order chi connectivity index (χ0) is 15.6. The number of benzene rings is 1. The maximum Gasteiger partial charge on any atom is 0.261 e. The molecule has 3 heterocycles. The Morgan fingerprint density at radius 3 is 3.04 bits per heavy atom. The highest BCUT2D eigenvalue weighted by Crippen LogP contribution is 2.28. The highest BCUT2D eigenvalue weighted by molar-refractivity contribution is 7.13. The van der Waals surface area contributed by atoms with Crippen LogP contribution in [-0.4, -0.2) is 17.0 Å². The fraction of sp³-hybridized carbons (Fsp3) is 0.176. The van der Waals surface area contributed by atoms with Crippen molar-refractivity contribution in [2.75, 3.05) is 0 Å². The molecule has 4 rings (SSSR count). The van der Waals surface area contributed by atoms with Gasteiger partial charge in [-0.05, 0) is 23.1 Å². The van der Waals surface area contributed by atoms with Gasteiger partial charge in [-0.2, -0.15) is 0 Å². The first-order valence-corrected chi connectivity index (χ1v) is 8.18. The number of oxazole rings is 1. The van der Waals surface area contributed by atoms with Crippen molar-refractivity contribution in [1.82, 2.24) is 10.3 Å². The van der Waals surface area contributed by atoms with Gasteiger partial charge >= 0.3 is 0 Å². The second-order valence-corrected chi connectivity index (χ2v) is 6.21. The summed E-state index contributed by atoms with van der Waals surface area (Å²) in [6, 6.07) is 11.6. The van der Waals surface area contributed by atoms with E-state index < -0.39 is 6.10 Å². The van der Waals surface area contributed by atoms with Crippen molar-refractivity contribution in [2.45, 2.75) is 19.1 Å². The van der Waals surface area contributed by atoms with Crippen LogP contribution in [0.3, 0.4) is 0 Å². The highest BCUT2D eigenvalue weighted by Gasteiger charge is 2.28. The van der Waals surface area contributed by atoms with Gasteiger partial charge in [0.1, 0.15) is 12.0 Å². The van der Waals surface area contributed by atoms with Gasteiger partial charge < -0.3 is 14.5 Å². The summed E-state index contributed by atoms with van der Waals surface area (Å²) in [5.41, 5.74) is 1.76. The van der Waals surface area contributed by atoms with Crippen molar-refractivity contribution in [2.24, 2.45) is 0 Å². The van der Waals surface area contributed by atoms with E-state index in [1.165, 1.54) is 0 Å². The Hall–Kier alpha value is -2.60. The number of aromatic nitrogens is 1. The summed E-state index contributed by atoms with van der Waals surface area (Å²) in [7, 11) is 0. The number of nitrogens with zero attached hydrogens (tertiary/aromatic N) is 1. The molecule has 116 valence electrons. The van der Waals surface area contributed by atoms with Crippen LogP contribution >= 0.6 is 11.3 Å².